The summed E-state index contributed by atoms with van der Waals surface area (Å²) in [5, 5.41) is 9.86. The zero-order chi connectivity index (χ0) is 14.8. The van der Waals surface area contributed by atoms with Crippen molar-refractivity contribution in [3.8, 4) is 11.8 Å². The molecule has 0 aliphatic carbocycles. The van der Waals surface area contributed by atoms with Crippen molar-refractivity contribution in [3.05, 3.63) is 29.8 Å². The van der Waals surface area contributed by atoms with E-state index in [1.165, 1.54) is 4.31 Å². The summed E-state index contributed by atoms with van der Waals surface area (Å²) in [5.74, 6) is 5.56. The molecule has 1 saturated heterocycles. The molecule has 0 aromatic heterocycles. The molecule has 0 saturated carbocycles. The van der Waals surface area contributed by atoms with E-state index in [0.717, 1.165) is 12.0 Å². The Bertz CT molecular complexity index is 625. The lowest BCUT2D eigenvalue weighted by atomic mass is 10.2. The summed E-state index contributed by atoms with van der Waals surface area (Å²) >= 11 is 0. The molecular weight excluding hydrogens is 274 g/mol. The number of nitrogens with zero attached hydrogens (tertiary/aromatic N) is 1. The quantitative estimate of drug-likeness (QED) is 0.676. The predicted molar refractivity (Wildman–Crippen MR) is 77.5 cm³/mol. The number of aliphatic hydroxyl groups excluding tert-OH is 1. The van der Waals surface area contributed by atoms with E-state index >= 15 is 0 Å². The summed E-state index contributed by atoms with van der Waals surface area (Å²) in [4.78, 5) is 0.263. The van der Waals surface area contributed by atoms with Gasteiger partial charge in [0.2, 0.25) is 10.0 Å². The largest absolute Gasteiger partial charge is 0.379 e. The van der Waals surface area contributed by atoms with Crippen LogP contribution in [-0.2, 0) is 10.0 Å². The minimum Gasteiger partial charge on any atom is -0.379 e. The van der Waals surface area contributed by atoms with Crippen LogP contribution in [0.25, 0.3) is 0 Å². The summed E-state index contributed by atoms with van der Waals surface area (Å²) in [5.41, 5.74) is 1.01. The molecule has 1 unspecified atom stereocenters. The molecule has 108 valence electrons. The van der Waals surface area contributed by atoms with Crippen LogP contribution in [0, 0.1) is 18.8 Å². The zero-order valence-corrected chi connectivity index (χ0v) is 12.5. The van der Waals surface area contributed by atoms with Gasteiger partial charge in [-0.2, -0.15) is 4.31 Å². The average molecular weight is 293 g/mol. The van der Waals surface area contributed by atoms with Gasteiger partial charge in [-0.1, -0.05) is 30.5 Å². The maximum Gasteiger partial charge on any atom is 0.243 e. The Morgan fingerprint density at radius 3 is 2.65 bits per heavy atom. The van der Waals surface area contributed by atoms with Crippen LogP contribution in [0.4, 0.5) is 0 Å². The first-order valence-electron chi connectivity index (χ1n) is 6.71. The van der Waals surface area contributed by atoms with Crippen molar-refractivity contribution in [3.63, 3.8) is 0 Å². The first-order valence-corrected chi connectivity index (χ1v) is 8.16. The number of sulfonamides is 1. The van der Waals surface area contributed by atoms with Gasteiger partial charge in [0.1, 0.15) is 6.10 Å². The van der Waals surface area contributed by atoms with Gasteiger partial charge in [-0.25, -0.2) is 8.42 Å². The van der Waals surface area contributed by atoms with Crippen LogP contribution in [0.5, 0.6) is 0 Å². The third-order valence-corrected chi connectivity index (χ3v) is 5.13. The molecule has 1 aliphatic heterocycles. The maximum atomic E-state index is 12.3. The normalized spacial score (nSPS) is 22.8. The fourth-order valence-electron chi connectivity index (χ4n) is 1.91. The molecular formula is C15H19NO3S. The zero-order valence-electron chi connectivity index (χ0n) is 11.7. The Hall–Kier alpha value is -1.35. The highest BCUT2D eigenvalue weighted by molar-refractivity contribution is 7.89. The van der Waals surface area contributed by atoms with Crippen LogP contribution in [0.15, 0.2) is 29.2 Å². The van der Waals surface area contributed by atoms with Crippen molar-refractivity contribution in [2.24, 2.45) is 0 Å². The molecule has 0 spiro atoms. The topological polar surface area (TPSA) is 57.4 Å². The molecule has 0 amide bonds. The summed E-state index contributed by atoms with van der Waals surface area (Å²) < 4.78 is 25.9. The molecule has 5 heteroatoms. The lowest BCUT2D eigenvalue weighted by Crippen LogP contribution is -2.21. The van der Waals surface area contributed by atoms with Crippen LogP contribution < -0.4 is 0 Å². The Balaban J connectivity index is 2.07. The van der Waals surface area contributed by atoms with Crippen LogP contribution in [-0.4, -0.2) is 36.5 Å². The van der Waals surface area contributed by atoms with Crippen molar-refractivity contribution in [1.29, 1.82) is 0 Å². The van der Waals surface area contributed by atoms with E-state index in [4.69, 9.17) is 0 Å². The van der Waals surface area contributed by atoms with Crippen LogP contribution in [0.2, 0.25) is 0 Å². The standard InChI is InChI=1S/C15H19NO3S/c1-3-4-5-6-15(17)14-11-16(14)20(18,19)13-9-7-12(2)8-10-13/h7-10,14-15,17H,3-4,11H2,1-2H3/t14-,15-,16?/m0/s1. The third-order valence-electron chi connectivity index (χ3n) is 3.22. The summed E-state index contributed by atoms with van der Waals surface area (Å²) in [7, 11) is -3.50. The van der Waals surface area contributed by atoms with Crippen molar-refractivity contribution >= 4 is 10.0 Å². The summed E-state index contributed by atoms with van der Waals surface area (Å²) in [6.45, 7) is 4.24. The number of aryl methyl sites for hydroxylation is 1. The lowest BCUT2D eigenvalue weighted by Gasteiger charge is -2.07. The van der Waals surface area contributed by atoms with Gasteiger partial charge in [0.15, 0.2) is 0 Å². The highest BCUT2D eigenvalue weighted by Gasteiger charge is 2.48. The van der Waals surface area contributed by atoms with Gasteiger partial charge in [-0.05, 0) is 25.5 Å². The number of rotatable bonds is 4. The summed E-state index contributed by atoms with van der Waals surface area (Å²) in [6, 6.07) is 6.31. The SMILES string of the molecule is CCCC#C[C@H](O)[C@@H]1CN1S(=O)(=O)c1ccc(C)cc1. The molecule has 1 heterocycles. The minimum absolute atomic E-state index is 0.263. The lowest BCUT2D eigenvalue weighted by molar-refractivity contribution is 0.222. The molecule has 0 radical (unpaired) electrons. The number of unbranched alkanes of at least 4 members (excludes halogenated alkanes) is 1. The van der Waals surface area contributed by atoms with E-state index in [1.54, 1.807) is 24.3 Å². The van der Waals surface area contributed by atoms with E-state index in [2.05, 4.69) is 11.8 Å². The molecule has 1 aliphatic rings. The van der Waals surface area contributed by atoms with Crippen molar-refractivity contribution in [2.45, 2.75) is 43.7 Å². The second-order valence-corrected chi connectivity index (χ2v) is 6.86. The van der Waals surface area contributed by atoms with E-state index in [0.29, 0.717) is 13.0 Å². The van der Waals surface area contributed by atoms with Gasteiger partial charge in [0.25, 0.3) is 0 Å². The highest BCUT2D eigenvalue weighted by Crippen LogP contribution is 2.30. The van der Waals surface area contributed by atoms with Crippen LogP contribution >= 0.6 is 0 Å². The van der Waals surface area contributed by atoms with E-state index in [9.17, 15) is 13.5 Å². The molecule has 3 atom stereocenters. The van der Waals surface area contributed by atoms with Crippen molar-refractivity contribution in [2.75, 3.05) is 6.54 Å². The van der Waals surface area contributed by atoms with Crippen LogP contribution in [0.1, 0.15) is 25.3 Å². The molecule has 1 fully saturated rings. The van der Waals surface area contributed by atoms with Crippen LogP contribution in [0.3, 0.4) is 0 Å². The van der Waals surface area contributed by atoms with Gasteiger partial charge in [-0.15, -0.1) is 5.92 Å². The van der Waals surface area contributed by atoms with Gasteiger partial charge in [0.05, 0.1) is 10.9 Å². The van der Waals surface area contributed by atoms with Gasteiger partial charge >= 0.3 is 0 Å². The Kier molecular flexibility index (Phi) is 4.48. The highest BCUT2D eigenvalue weighted by atomic mass is 32.2. The molecule has 0 bridgehead atoms. The van der Waals surface area contributed by atoms with Gasteiger partial charge < -0.3 is 5.11 Å². The Morgan fingerprint density at radius 1 is 1.40 bits per heavy atom. The fraction of sp³-hybridized carbons (Fsp3) is 0.467. The molecule has 4 nitrogen and oxygen atoms in total. The van der Waals surface area contributed by atoms with Crippen molar-refractivity contribution in [1.82, 2.24) is 4.31 Å². The van der Waals surface area contributed by atoms with E-state index < -0.39 is 22.2 Å². The monoisotopic (exact) mass is 293 g/mol. The van der Waals surface area contributed by atoms with Crippen molar-refractivity contribution < 1.29 is 13.5 Å². The fourth-order valence-corrected chi connectivity index (χ4v) is 3.49. The van der Waals surface area contributed by atoms with E-state index in [-0.39, 0.29) is 4.90 Å². The smallest absolute Gasteiger partial charge is 0.243 e. The Labute approximate surface area is 120 Å². The summed E-state index contributed by atoms with van der Waals surface area (Å²) in [6.07, 6.45) is 0.742. The predicted octanol–water partition coefficient (Wildman–Crippen LogP) is 1.53. The first kappa shape index (κ1) is 15.0. The molecule has 2 rings (SSSR count). The molecule has 1 aromatic carbocycles. The number of aliphatic hydroxyl groups is 1. The van der Waals surface area contributed by atoms with Gasteiger partial charge in [-0.3, -0.25) is 0 Å². The number of benzene rings is 1. The first-order chi connectivity index (χ1) is 9.46. The van der Waals surface area contributed by atoms with E-state index in [1.807, 2.05) is 13.8 Å². The molecule has 1 N–H and O–H groups in total. The number of hydrogen-bond donors (Lipinski definition) is 1. The average Bonchev–Trinajstić information content (AvgIpc) is 3.20. The molecule has 20 heavy (non-hydrogen) atoms. The second-order valence-electron chi connectivity index (χ2n) is 4.97. The maximum absolute atomic E-state index is 12.3. The second kappa shape index (κ2) is 5.96. The number of hydrogen-bond acceptors (Lipinski definition) is 3. The third kappa shape index (κ3) is 3.21. The molecule has 1 aromatic rings. The minimum atomic E-state index is -3.50. The van der Waals surface area contributed by atoms with Gasteiger partial charge in [0, 0.05) is 13.0 Å². The Morgan fingerprint density at radius 2 is 2.05 bits per heavy atom.